The molecule has 0 saturated heterocycles. The zero-order valence-corrected chi connectivity index (χ0v) is 8.90. The van der Waals surface area contributed by atoms with Gasteiger partial charge in [-0.2, -0.15) is 0 Å². The van der Waals surface area contributed by atoms with E-state index in [9.17, 15) is 5.11 Å². The number of rotatable bonds is 2. The van der Waals surface area contributed by atoms with Crippen molar-refractivity contribution in [1.29, 1.82) is 0 Å². The summed E-state index contributed by atoms with van der Waals surface area (Å²) in [6.07, 6.45) is 0.755. The molecule has 0 atom stereocenters. The summed E-state index contributed by atoms with van der Waals surface area (Å²) in [5.41, 5.74) is 6.70. The molecule has 1 aromatic carbocycles. The van der Waals surface area contributed by atoms with Crippen molar-refractivity contribution in [2.75, 3.05) is 6.54 Å². The van der Waals surface area contributed by atoms with Crippen LogP contribution < -0.4 is 5.73 Å². The van der Waals surface area contributed by atoms with E-state index in [1.54, 1.807) is 11.3 Å². The Balaban J connectivity index is 2.67. The number of hydrogen-bond acceptors (Lipinski definition) is 3. The maximum atomic E-state index is 9.90. The van der Waals surface area contributed by atoms with Gasteiger partial charge in [-0.05, 0) is 31.5 Å². The van der Waals surface area contributed by atoms with Crippen LogP contribution in [0.3, 0.4) is 0 Å². The van der Waals surface area contributed by atoms with Gasteiger partial charge in [0.2, 0.25) is 0 Å². The molecular formula is C11H13NOS. The summed E-state index contributed by atoms with van der Waals surface area (Å²) in [5, 5.41) is 10.9. The molecule has 2 aromatic rings. The van der Waals surface area contributed by atoms with Crippen LogP contribution in [0.4, 0.5) is 0 Å². The first-order valence-corrected chi connectivity index (χ1v) is 5.45. The van der Waals surface area contributed by atoms with Gasteiger partial charge >= 0.3 is 0 Å². The van der Waals surface area contributed by atoms with E-state index in [-0.39, 0.29) is 0 Å². The minimum Gasteiger partial charge on any atom is -0.506 e. The van der Waals surface area contributed by atoms with E-state index in [1.165, 1.54) is 10.3 Å². The molecule has 0 saturated carbocycles. The van der Waals surface area contributed by atoms with Crippen molar-refractivity contribution >= 4 is 21.4 Å². The molecule has 1 heterocycles. The zero-order valence-electron chi connectivity index (χ0n) is 8.08. The van der Waals surface area contributed by atoms with Crippen LogP contribution in [-0.4, -0.2) is 11.7 Å². The van der Waals surface area contributed by atoms with Gasteiger partial charge < -0.3 is 10.8 Å². The van der Waals surface area contributed by atoms with E-state index in [0.29, 0.717) is 12.3 Å². The van der Waals surface area contributed by atoms with Gasteiger partial charge in [-0.15, -0.1) is 11.3 Å². The van der Waals surface area contributed by atoms with Gasteiger partial charge in [-0.25, -0.2) is 0 Å². The van der Waals surface area contributed by atoms with E-state index in [0.717, 1.165) is 16.7 Å². The first kappa shape index (κ1) is 9.49. The number of aryl methyl sites for hydroxylation is 1. The zero-order chi connectivity index (χ0) is 10.1. The summed E-state index contributed by atoms with van der Waals surface area (Å²) in [6, 6.07) is 5.98. The first-order valence-electron chi connectivity index (χ1n) is 4.64. The highest BCUT2D eigenvalue weighted by molar-refractivity contribution is 7.19. The summed E-state index contributed by atoms with van der Waals surface area (Å²) < 4.78 is 1.17. The van der Waals surface area contributed by atoms with Crippen molar-refractivity contribution in [1.82, 2.24) is 0 Å². The largest absolute Gasteiger partial charge is 0.506 e. The molecule has 0 fully saturated rings. The Kier molecular flexibility index (Phi) is 2.44. The number of benzene rings is 1. The lowest BCUT2D eigenvalue weighted by Gasteiger charge is -1.94. The van der Waals surface area contributed by atoms with Crippen LogP contribution in [0.25, 0.3) is 10.1 Å². The number of thiophene rings is 1. The van der Waals surface area contributed by atoms with Gasteiger partial charge in [-0.1, -0.05) is 12.1 Å². The minimum atomic E-state index is 0.416. The SMILES string of the molecule is Cc1cccc2c(O)c(CCN)sc12. The second kappa shape index (κ2) is 3.59. The number of fused-ring (bicyclic) bond motifs is 1. The van der Waals surface area contributed by atoms with Crippen LogP contribution in [-0.2, 0) is 6.42 Å². The summed E-state index contributed by atoms with van der Waals surface area (Å²) in [4.78, 5) is 0.997. The first-order chi connectivity index (χ1) is 6.74. The van der Waals surface area contributed by atoms with Crippen LogP contribution >= 0.6 is 11.3 Å². The molecule has 0 radical (unpaired) electrons. The Labute approximate surface area is 87.0 Å². The van der Waals surface area contributed by atoms with Crippen LogP contribution in [0.2, 0.25) is 0 Å². The third-order valence-electron chi connectivity index (χ3n) is 2.33. The van der Waals surface area contributed by atoms with E-state index >= 15 is 0 Å². The molecule has 74 valence electrons. The molecule has 3 N–H and O–H groups in total. The van der Waals surface area contributed by atoms with Gasteiger partial charge in [0.1, 0.15) is 5.75 Å². The highest BCUT2D eigenvalue weighted by Crippen LogP contribution is 2.38. The molecule has 2 nitrogen and oxygen atoms in total. The third kappa shape index (κ3) is 1.38. The van der Waals surface area contributed by atoms with Crippen molar-refractivity contribution in [2.24, 2.45) is 5.73 Å². The summed E-state index contributed by atoms with van der Waals surface area (Å²) in [5.74, 6) is 0.416. The third-order valence-corrected chi connectivity index (χ3v) is 3.72. The van der Waals surface area contributed by atoms with Crippen LogP contribution in [0, 0.1) is 6.92 Å². The van der Waals surface area contributed by atoms with Crippen molar-refractivity contribution in [3.05, 3.63) is 28.6 Å². The van der Waals surface area contributed by atoms with Crippen molar-refractivity contribution in [3.8, 4) is 5.75 Å². The summed E-state index contributed by atoms with van der Waals surface area (Å²) in [7, 11) is 0. The average Bonchev–Trinajstić information content (AvgIpc) is 2.48. The fourth-order valence-electron chi connectivity index (χ4n) is 1.60. The van der Waals surface area contributed by atoms with E-state index in [2.05, 4.69) is 13.0 Å². The van der Waals surface area contributed by atoms with Gasteiger partial charge in [0.05, 0.1) is 0 Å². The second-order valence-electron chi connectivity index (χ2n) is 3.36. The average molecular weight is 207 g/mol. The molecule has 0 aliphatic carbocycles. The van der Waals surface area contributed by atoms with Gasteiger partial charge in [0, 0.05) is 15.0 Å². The predicted molar refractivity (Wildman–Crippen MR) is 61.0 cm³/mol. The Morgan fingerprint density at radius 2 is 2.21 bits per heavy atom. The molecule has 0 amide bonds. The monoisotopic (exact) mass is 207 g/mol. The van der Waals surface area contributed by atoms with Crippen LogP contribution in [0.1, 0.15) is 10.4 Å². The second-order valence-corrected chi connectivity index (χ2v) is 4.47. The molecule has 0 aliphatic heterocycles. The topological polar surface area (TPSA) is 46.2 Å². The molecular weight excluding hydrogens is 194 g/mol. The van der Waals surface area contributed by atoms with Gasteiger partial charge in [-0.3, -0.25) is 0 Å². The van der Waals surface area contributed by atoms with Crippen LogP contribution in [0.5, 0.6) is 5.75 Å². The van der Waals surface area contributed by atoms with E-state index in [1.807, 2.05) is 12.1 Å². The van der Waals surface area contributed by atoms with Crippen molar-refractivity contribution in [3.63, 3.8) is 0 Å². The Bertz CT molecular complexity index is 462. The Morgan fingerprint density at radius 3 is 2.86 bits per heavy atom. The maximum Gasteiger partial charge on any atom is 0.137 e. The molecule has 2 rings (SSSR count). The maximum absolute atomic E-state index is 9.90. The minimum absolute atomic E-state index is 0.416. The summed E-state index contributed by atoms with van der Waals surface area (Å²) in [6.45, 7) is 2.64. The molecule has 0 bridgehead atoms. The van der Waals surface area contributed by atoms with Gasteiger partial charge in [0.25, 0.3) is 0 Å². The standard InChI is InChI=1S/C11H13NOS/c1-7-3-2-4-8-10(13)9(5-6-12)14-11(7)8/h2-4,13H,5-6,12H2,1H3. The fourth-order valence-corrected chi connectivity index (χ4v) is 2.77. The quantitative estimate of drug-likeness (QED) is 0.794. The molecule has 0 aliphatic rings. The highest BCUT2D eigenvalue weighted by atomic mass is 32.1. The Hall–Kier alpha value is -1.06. The highest BCUT2D eigenvalue weighted by Gasteiger charge is 2.10. The van der Waals surface area contributed by atoms with Crippen LogP contribution in [0.15, 0.2) is 18.2 Å². The van der Waals surface area contributed by atoms with E-state index < -0.39 is 0 Å². The lowest BCUT2D eigenvalue weighted by atomic mass is 10.1. The molecule has 0 spiro atoms. The smallest absolute Gasteiger partial charge is 0.137 e. The lowest BCUT2D eigenvalue weighted by molar-refractivity contribution is 0.477. The Morgan fingerprint density at radius 1 is 1.43 bits per heavy atom. The lowest BCUT2D eigenvalue weighted by Crippen LogP contribution is -2.00. The molecule has 3 heteroatoms. The van der Waals surface area contributed by atoms with Gasteiger partial charge in [0.15, 0.2) is 0 Å². The number of hydrogen-bond donors (Lipinski definition) is 2. The van der Waals surface area contributed by atoms with Crippen molar-refractivity contribution < 1.29 is 5.11 Å². The fraction of sp³-hybridized carbons (Fsp3) is 0.273. The molecule has 0 unspecified atom stereocenters. The summed E-state index contributed by atoms with van der Waals surface area (Å²) >= 11 is 1.65. The predicted octanol–water partition coefficient (Wildman–Crippen LogP) is 2.42. The van der Waals surface area contributed by atoms with E-state index in [4.69, 9.17) is 5.73 Å². The molecule has 1 aromatic heterocycles. The van der Waals surface area contributed by atoms with Crippen molar-refractivity contribution in [2.45, 2.75) is 13.3 Å². The number of aromatic hydroxyl groups is 1. The molecule has 14 heavy (non-hydrogen) atoms. The number of nitrogens with two attached hydrogens (primary N) is 1. The normalized spacial score (nSPS) is 11.0.